The Hall–Kier alpha value is -1.88. The van der Waals surface area contributed by atoms with Gasteiger partial charge in [-0.15, -0.1) is 22.7 Å². The Labute approximate surface area is 170 Å². The second kappa shape index (κ2) is 8.42. The van der Waals surface area contributed by atoms with Gasteiger partial charge in [0.2, 0.25) is 5.91 Å². The molecule has 27 heavy (non-hydrogen) atoms. The summed E-state index contributed by atoms with van der Waals surface area (Å²) in [6, 6.07) is 3.90. The van der Waals surface area contributed by atoms with Crippen molar-refractivity contribution in [1.29, 1.82) is 0 Å². The van der Waals surface area contributed by atoms with Crippen molar-refractivity contribution in [2.75, 3.05) is 18.4 Å². The van der Waals surface area contributed by atoms with Gasteiger partial charge in [-0.25, -0.2) is 4.98 Å². The van der Waals surface area contributed by atoms with Crippen LogP contribution in [0.4, 0.5) is 5.13 Å². The number of aromatic amines is 1. The molecule has 1 amide bonds. The maximum absolute atomic E-state index is 12.5. The van der Waals surface area contributed by atoms with Gasteiger partial charge in [-0.05, 0) is 49.6 Å². The SMILES string of the molecule is O=C(Cn1c(-c2cccs2)n[nH]c1=S)Nc1nc(CN2CCCCC2)cs1. The van der Waals surface area contributed by atoms with E-state index in [4.69, 9.17) is 12.2 Å². The highest BCUT2D eigenvalue weighted by atomic mass is 32.1. The molecule has 1 fully saturated rings. The number of anilines is 1. The van der Waals surface area contributed by atoms with Crippen molar-refractivity contribution in [1.82, 2.24) is 24.6 Å². The fraction of sp³-hybridized carbons (Fsp3) is 0.412. The molecular weight excluding hydrogens is 400 g/mol. The number of aromatic nitrogens is 4. The lowest BCUT2D eigenvalue weighted by atomic mass is 10.1. The number of nitrogens with zero attached hydrogens (tertiary/aromatic N) is 4. The summed E-state index contributed by atoms with van der Waals surface area (Å²) < 4.78 is 2.14. The first kappa shape index (κ1) is 18.5. The Bertz CT molecular complexity index is 952. The highest BCUT2D eigenvalue weighted by Crippen LogP contribution is 2.23. The topological polar surface area (TPSA) is 78.8 Å². The van der Waals surface area contributed by atoms with Crippen LogP contribution in [0.2, 0.25) is 0 Å². The summed E-state index contributed by atoms with van der Waals surface area (Å²) in [5.74, 6) is 0.513. The predicted molar refractivity (Wildman–Crippen MR) is 111 cm³/mol. The fourth-order valence-corrected chi connectivity index (χ4v) is 4.78. The number of thiazole rings is 1. The number of carbonyl (C=O) groups excluding carboxylic acids is 1. The van der Waals surface area contributed by atoms with Gasteiger partial charge in [-0.3, -0.25) is 19.4 Å². The molecule has 142 valence electrons. The number of nitrogens with one attached hydrogen (secondary N) is 2. The number of carbonyl (C=O) groups is 1. The Morgan fingerprint density at radius 2 is 2.15 bits per heavy atom. The molecule has 4 rings (SSSR count). The zero-order valence-electron chi connectivity index (χ0n) is 14.7. The smallest absolute Gasteiger partial charge is 0.246 e. The van der Waals surface area contributed by atoms with Gasteiger partial charge in [0.1, 0.15) is 6.54 Å². The lowest BCUT2D eigenvalue weighted by Gasteiger charge is -2.25. The number of piperidine rings is 1. The van der Waals surface area contributed by atoms with Gasteiger partial charge in [0.15, 0.2) is 15.7 Å². The second-order valence-corrected chi connectivity index (χ2v) is 8.64. The lowest BCUT2D eigenvalue weighted by molar-refractivity contribution is -0.116. The molecule has 0 atom stereocenters. The molecule has 0 saturated carbocycles. The zero-order chi connectivity index (χ0) is 18.6. The average molecular weight is 421 g/mol. The quantitative estimate of drug-likeness (QED) is 0.594. The summed E-state index contributed by atoms with van der Waals surface area (Å²) in [5, 5.41) is 14.5. The normalized spacial score (nSPS) is 15.1. The van der Waals surface area contributed by atoms with Crippen LogP contribution in [0.25, 0.3) is 10.7 Å². The summed E-state index contributed by atoms with van der Waals surface area (Å²) in [5.41, 5.74) is 1.01. The van der Waals surface area contributed by atoms with Crippen LogP contribution in [-0.2, 0) is 17.9 Å². The lowest BCUT2D eigenvalue weighted by Crippen LogP contribution is -2.29. The van der Waals surface area contributed by atoms with E-state index in [1.165, 1.54) is 30.6 Å². The minimum atomic E-state index is -0.163. The summed E-state index contributed by atoms with van der Waals surface area (Å²) in [6.45, 7) is 3.21. The minimum Gasteiger partial charge on any atom is -0.300 e. The maximum Gasteiger partial charge on any atom is 0.246 e. The van der Waals surface area contributed by atoms with Crippen LogP contribution in [0.15, 0.2) is 22.9 Å². The number of rotatable bonds is 6. The molecule has 2 N–H and O–H groups in total. The van der Waals surface area contributed by atoms with E-state index in [9.17, 15) is 4.79 Å². The molecule has 4 heterocycles. The number of hydrogen-bond donors (Lipinski definition) is 2. The van der Waals surface area contributed by atoms with E-state index in [1.807, 2.05) is 22.9 Å². The first-order valence-electron chi connectivity index (χ1n) is 8.85. The molecule has 0 radical (unpaired) electrons. The van der Waals surface area contributed by atoms with Gasteiger partial charge in [0.25, 0.3) is 0 Å². The first-order chi connectivity index (χ1) is 13.2. The third kappa shape index (κ3) is 4.52. The molecule has 10 heteroatoms. The van der Waals surface area contributed by atoms with E-state index in [-0.39, 0.29) is 12.5 Å². The van der Waals surface area contributed by atoms with Gasteiger partial charge >= 0.3 is 0 Å². The minimum absolute atomic E-state index is 0.101. The van der Waals surface area contributed by atoms with E-state index in [0.717, 1.165) is 30.2 Å². The van der Waals surface area contributed by atoms with Crippen LogP contribution in [0.1, 0.15) is 25.0 Å². The Morgan fingerprint density at radius 3 is 2.93 bits per heavy atom. The first-order valence-corrected chi connectivity index (χ1v) is 11.0. The Morgan fingerprint density at radius 1 is 1.30 bits per heavy atom. The van der Waals surface area contributed by atoms with E-state index >= 15 is 0 Å². The molecule has 0 aromatic carbocycles. The number of H-pyrrole nitrogens is 1. The number of amides is 1. The molecular formula is C17H20N6OS3. The monoisotopic (exact) mass is 420 g/mol. The molecule has 1 aliphatic rings. The van der Waals surface area contributed by atoms with Crippen molar-refractivity contribution < 1.29 is 4.79 Å². The van der Waals surface area contributed by atoms with Crippen molar-refractivity contribution >= 4 is 45.9 Å². The van der Waals surface area contributed by atoms with Crippen molar-refractivity contribution in [2.45, 2.75) is 32.4 Å². The predicted octanol–water partition coefficient (Wildman–Crippen LogP) is 3.75. The number of likely N-dealkylation sites (tertiary alicyclic amines) is 1. The summed E-state index contributed by atoms with van der Waals surface area (Å²) in [4.78, 5) is 20.4. The average Bonchev–Trinajstić information content (AvgIpc) is 3.40. The van der Waals surface area contributed by atoms with Crippen molar-refractivity contribution in [3.05, 3.63) is 33.4 Å². The van der Waals surface area contributed by atoms with E-state index < -0.39 is 0 Å². The molecule has 0 unspecified atom stereocenters. The molecule has 1 saturated heterocycles. The van der Waals surface area contributed by atoms with Gasteiger partial charge in [-0.1, -0.05) is 12.5 Å². The summed E-state index contributed by atoms with van der Waals surface area (Å²) in [6.07, 6.45) is 3.83. The van der Waals surface area contributed by atoms with Gasteiger partial charge in [0.05, 0.1) is 10.6 Å². The fourth-order valence-electron chi connectivity index (χ4n) is 3.14. The van der Waals surface area contributed by atoms with Crippen LogP contribution in [0, 0.1) is 4.77 Å². The van der Waals surface area contributed by atoms with Crippen molar-refractivity contribution in [3.8, 4) is 10.7 Å². The highest BCUT2D eigenvalue weighted by molar-refractivity contribution is 7.71. The molecule has 3 aromatic rings. The standard InChI is InChI=1S/C17H20N6OS3/c24-14(10-23-15(20-21-17(23)25)13-5-4-8-26-13)19-16-18-12(11-27-16)9-22-6-2-1-3-7-22/h4-5,8,11H,1-3,6-7,9-10H2,(H,21,25)(H,18,19,24). The highest BCUT2D eigenvalue weighted by Gasteiger charge is 2.15. The van der Waals surface area contributed by atoms with Crippen LogP contribution >= 0.6 is 34.9 Å². The third-order valence-electron chi connectivity index (χ3n) is 4.43. The van der Waals surface area contributed by atoms with Crippen LogP contribution in [-0.4, -0.2) is 43.6 Å². The molecule has 1 aliphatic heterocycles. The van der Waals surface area contributed by atoms with Crippen molar-refractivity contribution in [2.24, 2.45) is 0 Å². The molecule has 0 bridgehead atoms. The van der Waals surface area contributed by atoms with Gasteiger partial charge < -0.3 is 5.32 Å². The number of thiophene rings is 1. The van der Waals surface area contributed by atoms with E-state index in [1.54, 1.807) is 15.9 Å². The molecule has 3 aromatic heterocycles. The zero-order valence-corrected chi connectivity index (χ0v) is 17.1. The third-order valence-corrected chi connectivity index (χ3v) is 6.42. The van der Waals surface area contributed by atoms with E-state index in [2.05, 4.69) is 25.4 Å². The van der Waals surface area contributed by atoms with E-state index in [0.29, 0.717) is 15.7 Å². The van der Waals surface area contributed by atoms with Crippen LogP contribution in [0.5, 0.6) is 0 Å². The Kier molecular flexibility index (Phi) is 5.77. The molecule has 0 spiro atoms. The van der Waals surface area contributed by atoms with Gasteiger partial charge in [0, 0.05) is 11.9 Å². The number of hydrogen-bond acceptors (Lipinski definition) is 7. The van der Waals surface area contributed by atoms with Crippen molar-refractivity contribution in [3.63, 3.8) is 0 Å². The molecule has 7 nitrogen and oxygen atoms in total. The largest absolute Gasteiger partial charge is 0.300 e. The Balaban J connectivity index is 1.39. The van der Waals surface area contributed by atoms with Crippen LogP contribution < -0.4 is 5.32 Å². The van der Waals surface area contributed by atoms with Gasteiger partial charge in [-0.2, -0.15) is 5.10 Å². The summed E-state index contributed by atoms with van der Waals surface area (Å²) in [7, 11) is 0. The second-order valence-electron chi connectivity index (χ2n) is 6.44. The molecule has 0 aliphatic carbocycles. The maximum atomic E-state index is 12.5. The van der Waals surface area contributed by atoms with Crippen LogP contribution in [0.3, 0.4) is 0 Å². The summed E-state index contributed by atoms with van der Waals surface area (Å²) >= 11 is 8.29.